The highest BCUT2D eigenvalue weighted by Gasteiger charge is 2.09. The third-order valence-corrected chi connectivity index (χ3v) is 5.18. The van der Waals surface area contributed by atoms with Crippen LogP contribution in [-0.2, 0) is 11.8 Å². The van der Waals surface area contributed by atoms with Gasteiger partial charge in [-0.25, -0.2) is 0 Å². The van der Waals surface area contributed by atoms with Gasteiger partial charge in [0.05, 0.1) is 14.7 Å². The van der Waals surface area contributed by atoms with Crippen molar-refractivity contribution in [1.29, 1.82) is 0 Å². The number of nitrogens with zero attached hydrogens (tertiary/aromatic N) is 1. The quantitative estimate of drug-likeness (QED) is 0.684. The molecule has 0 saturated heterocycles. The summed E-state index contributed by atoms with van der Waals surface area (Å²) in [5, 5.41) is 3.33. The van der Waals surface area contributed by atoms with Crippen LogP contribution in [-0.4, -0.2) is 17.1 Å². The molecule has 0 fully saturated rings. The Morgan fingerprint density at radius 3 is 2.88 bits per heavy atom. The summed E-state index contributed by atoms with van der Waals surface area (Å²) in [7, 11) is 1.72. The zero-order valence-corrected chi connectivity index (χ0v) is 15.7. The maximum Gasteiger partial charge on any atom is 0.307 e. The normalized spacial score (nSPS) is 10.8. The van der Waals surface area contributed by atoms with E-state index >= 15 is 0 Å². The number of amides is 1. The van der Waals surface area contributed by atoms with Crippen LogP contribution in [0, 0.1) is 0 Å². The summed E-state index contributed by atoms with van der Waals surface area (Å²) in [4.78, 5) is 23.6. The third-order valence-electron chi connectivity index (χ3n) is 3.33. The second kappa shape index (κ2) is 6.96. The summed E-state index contributed by atoms with van der Waals surface area (Å²) < 4.78 is 8.54. The number of thiazole rings is 1. The van der Waals surface area contributed by atoms with Crippen molar-refractivity contribution in [1.82, 2.24) is 4.57 Å². The number of benzene rings is 2. The van der Waals surface area contributed by atoms with Gasteiger partial charge in [0.25, 0.3) is 5.91 Å². The van der Waals surface area contributed by atoms with E-state index in [0.29, 0.717) is 20.9 Å². The van der Waals surface area contributed by atoms with Gasteiger partial charge in [0.2, 0.25) is 0 Å². The lowest BCUT2D eigenvalue weighted by Crippen LogP contribution is -2.20. The van der Waals surface area contributed by atoms with Crippen molar-refractivity contribution in [3.05, 3.63) is 55.6 Å². The van der Waals surface area contributed by atoms with Crippen LogP contribution >= 0.6 is 38.9 Å². The first-order valence-electron chi connectivity index (χ1n) is 6.91. The monoisotopic (exact) mass is 426 g/mol. The number of aryl methyl sites for hydroxylation is 1. The molecule has 0 unspecified atom stereocenters. The standard InChI is InChI=1S/C16H12BrClN2O3S/c1-20-12-4-3-10(7-14(12)24-16(20)22)19-15(21)8-23-13-5-2-9(18)6-11(13)17/h2-7H,8H2,1H3,(H,19,21). The van der Waals surface area contributed by atoms with E-state index in [9.17, 15) is 9.59 Å². The van der Waals surface area contributed by atoms with Crippen molar-refractivity contribution < 1.29 is 9.53 Å². The first-order chi connectivity index (χ1) is 11.4. The van der Waals surface area contributed by atoms with Crippen molar-refractivity contribution in [3.8, 4) is 5.75 Å². The summed E-state index contributed by atoms with van der Waals surface area (Å²) in [6.07, 6.45) is 0. The number of aromatic nitrogens is 1. The third kappa shape index (κ3) is 3.63. The first-order valence-corrected chi connectivity index (χ1v) is 8.90. The number of carbonyl (C=O) groups is 1. The van der Waals surface area contributed by atoms with Gasteiger partial charge in [-0.3, -0.25) is 9.59 Å². The number of rotatable bonds is 4. The van der Waals surface area contributed by atoms with Gasteiger partial charge in [0.15, 0.2) is 6.61 Å². The largest absolute Gasteiger partial charge is 0.483 e. The lowest BCUT2D eigenvalue weighted by atomic mass is 10.3. The Hall–Kier alpha value is -1.83. The topological polar surface area (TPSA) is 60.3 Å². The number of carbonyl (C=O) groups excluding carboxylic acids is 1. The fraction of sp³-hybridized carbons (Fsp3) is 0.125. The molecule has 0 aliphatic carbocycles. The molecule has 0 atom stereocenters. The van der Waals surface area contributed by atoms with Crippen molar-refractivity contribution >= 4 is 60.7 Å². The van der Waals surface area contributed by atoms with Crippen LogP contribution in [0.5, 0.6) is 5.75 Å². The molecular weight excluding hydrogens is 416 g/mol. The number of ether oxygens (including phenoxy) is 1. The molecule has 1 amide bonds. The van der Waals surface area contributed by atoms with Crippen molar-refractivity contribution in [3.63, 3.8) is 0 Å². The van der Waals surface area contributed by atoms with E-state index in [1.54, 1.807) is 48.0 Å². The molecule has 0 aliphatic heterocycles. The zero-order chi connectivity index (χ0) is 17.3. The van der Waals surface area contributed by atoms with E-state index < -0.39 is 0 Å². The first kappa shape index (κ1) is 17.0. The summed E-state index contributed by atoms with van der Waals surface area (Å²) >= 11 is 10.3. The smallest absolute Gasteiger partial charge is 0.307 e. The highest BCUT2D eigenvalue weighted by Crippen LogP contribution is 2.28. The fourth-order valence-electron chi connectivity index (χ4n) is 2.14. The maximum atomic E-state index is 12.0. The Bertz CT molecular complexity index is 983. The molecule has 3 aromatic rings. The van der Waals surface area contributed by atoms with E-state index in [1.165, 1.54) is 0 Å². The van der Waals surface area contributed by atoms with E-state index in [2.05, 4.69) is 21.2 Å². The molecule has 2 aromatic carbocycles. The summed E-state index contributed by atoms with van der Waals surface area (Å²) in [5.74, 6) is 0.241. The van der Waals surface area contributed by atoms with Gasteiger partial charge in [0.1, 0.15) is 5.75 Å². The van der Waals surface area contributed by atoms with Crippen molar-refractivity contribution in [2.75, 3.05) is 11.9 Å². The zero-order valence-electron chi connectivity index (χ0n) is 12.5. The van der Waals surface area contributed by atoms with Crippen LogP contribution in [0.2, 0.25) is 5.02 Å². The molecule has 0 aliphatic rings. The lowest BCUT2D eigenvalue weighted by Gasteiger charge is -2.09. The van der Waals surface area contributed by atoms with Gasteiger partial charge in [-0.05, 0) is 52.3 Å². The average Bonchev–Trinajstić information content (AvgIpc) is 2.81. The minimum Gasteiger partial charge on any atom is -0.483 e. The average molecular weight is 428 g/mol. The number of hydrogen-bond donors (Lipinski definition) is 1. The van der Waals surface area contributed by atoms with E-state index in [1.807, 2.05) is 0 Å². The molecule has 0 bridgehead atoms. The molecule has 0 radical (unpaired) electrons. The van der Waals surface area contributed by atoms with Crippen LogP contribution in [0.1, 0.15) is 0 Å². The van der Waals surface area contributed by atoms with E-state index in [4.69, 9.17) is 16.3 Å². The van der Waals surface area contributed by atoms with Gasteiger partial charge < -0.3 is 14.6 Å². The maximum absolute atomic E-state index is 12.0. The van der Waals surface area contributed by atoms with Crippen LogP contribution in [0.25, 0.3) is 10.2 Å². The van der Waals surface area contributed by atoms with Gasteiger partial charge in [0, 0.05) is 17.8 Å². The van der Waals surface area contributed by atoms with Gasteiger partial charge in [-0.15, -0.1) is 0 Å². The van der Waals surface area contributed by atoms with E-state index in [-0.39, 0.29) is 17.4 Å². The molecule has 3 rings (SSSR count). The van der Waals surface area contributed by atoms with E-state index in [0.717, 1.165) is 21.6 Å². The number of hydrogen-bond acceptors (Lipinski definition) is 4. The molecule has 0 saturated carbocycles. The predicted octanol–water partition coefficient (Wildman–Crippen LogP) is 4.03. The summed E-state index contributed by atoms with van der Waals surface area (Å²) in [6, 6.07) is 10.4. The fourth-order valence-corrected chi connectivity index (χ4v) is 3.86. The van der Waals surface area contributed by atoms with Crippen LogP contribution < -0.4 is 14.9 Å². The molecule has 5 nitrogen and oxygen atoms in total. The van der Waals surface area contributed by atoms with Crippen LogP contribution in [0.15, 0.2) is 45.7 Å². The number of anilines is 1. The summed E-state index contributed by atoms with van der Waals surface area (Å²) in [6.45, 7) is -0.136. The number of halogens is 2. The second-order valence-electron chi connectivity index (χ2n) is 5.02. The molecule has 8 heteroatoms. The Kier molecular flexibility index (Phi) is 4.93. The molecule has 1 N–H and O–H groups in total. The van der Waals surface area contributed by atoms with Crippen LogP contribution in [0.3, 0.4) is 0 Å². The molecule has 1 heterocycles. The Morgan fingerprint density at radius 2 is 2.12 bits per heavy atom. The number of fused-ring (bicyclic) bond motifs is 1. The number of nitrogens with one attached hydrogen (secondary N) is 1. The van der Waals surface area contributed by atoms with Gasteiger partial charge >= 0.3 is 4.87 Å². The van der Waals surface area contributed by atoms with Crippen LogP contribution in [0.4, 0.5) is 5.69 Å². The summed E-state index contributed by atoms with van der Waals surface area (Å²) in [5.41, 5.74) is 1.46. The molecule has 124 valence electrons. The van der Waals surface area contributed by atoms with Gasteiger partial charge in [-0.1, -0.05) is 22.9 Å². The lowest BCUT2D eigenvalue weighted by molar-refractivity contribution is -0.118. The Morgan fingerprint density at radius 1 is 1.33 bits per heavy atom. The Labute approximate surface area is 154 Å². The highest BCUT2D eigenvalue weighted by molar-refractivity contribution is 9.10. The highest BCUT2D eigenvalue weighted by atomic mass is 79.9. The van der Waals surface area contributed by atoms with Gasteiger partial charge in [-0.2, -0.15) is 0 Å². The van der Waals surface area contributed by atoms with Crippen molar-refractivity contribution in [2.45, 2.75) is 0 Å². The minimum absolute atomic E-state index is 0.0376. The molecular formula is C16H12BrClN2O3S. The molecule has 24 heavy (non-hydrogen) atoms. The second-order valence-corrected chi connectivity index (χ2v) is 7.31. The Balaban J connectivity index is 1.67. The molecule has 0 spiro atoms. The van der Waals surface area contributed by atoms with Crippen molar-refractivity contribution in [2.24, 2.45) is 7.05 Å². The predicted molar refractivity (Wildman–Crippen MR) is 100 cm³/mol. The molecule has 1 aromatic heterocycles. The minimum atomic E-state index is -0.292. The SMILES string of the molecule is Cn1c(=O)sc2cc(NC(=O)COc3ccc(Cl)cc3Br)ccc21.